The van der Waals surface area contributed by atoms with Crippen LogP contribution < -0.4 is 9.47 Å². The normalized spacial score (nSPS) is 10.0. The molecule has 0 aliphatic heterocycles. The van der Waals surface area contributed by atoms with E-state index < -0.39 is 11.9 Å². The van der Waals surface area contributed by atoms with Crippen molar-refractivity contribution in [3.8, 4) is 11.5 Å². The molecule has 2 aromatic carbocycles. The van der Waals surface area contributed by atoms with Gasteiger partial charge in [0.25, 0.3) is 0 Å². The number of hydrogen-bond donors (Lipinski definition) is 0. The number of hydrogen-bond acceptors (Lipinski definition) is 5. The average molecular weight is 379 g/mol. The van der Waals surface area contributed by atoms with Crippen LogP contribution in [0.3, 0.4) is 0 Å². The van der Waals surface area contributed by atoms with Crippen molar-refractivity contribution in [1.29, 1.82) is 0 Å². The van der Waals surface area contributed by atoms with E-state index in [4.69, 9.17) is 9.47 Å². The zero-order chi connectivity index (χ0) is 16.8. The molecule has 0 radical (unpaired) electrons. The Morgan fingerprint density at radius 3 is 2.61 bits per heavy atom. The quantitative estimate of drug-likeness (QED) is 0.588. The van der Waals surface area contributed by atoms with Gasteiger partial charge >= 0.3 is 11.9 Å². The summed E-state index contributed by atoms with van der Waals surface area (Å²) in [5.74, 6) is -0.262. The Labute approximate surface area is 142 Å². The van der Waals surface area contributed by atoms with Crippen molar-refractivity contribution in [3.05, 3.63) is 58.1 Å². The molecule has 23 heavy (non-hydrogen) atoms. The molecule has 2 rings (SSSR count). The minimum absolute atomic E-state index is 0.246. The van der Waals surface area contributed by atoms with Crippen LogP contribution in [0.1, 0.15) is 15.9 Å². The molecule has 120 valence electrons. The van der Waals surface area contributed by atoms with Crippen LogP contribution in [0.5, 0.6) is 11.5 Å². The fourth-order valence-corrected chi connectivity index (χ4v) is 2.43. The van der Waals surface area contributed by atoms with Gasteiger partial charge in [-0.2, -0.15) is 0 Å². The van der Waals surface area contributed by atoms with Crippen LogP contribution >= 0.6 is 15.9 Å². The first-order chi connectivity index (χ1) is 11.0. The molecule has 0 fully saturated rings. The summed E-state index contributed by atoms with van der Waals surface area (Å²) < 4.78 is 15.9. The number of rotatable bonds is 5. The van der Waals surface area contributed by atoms with Gasteiger partial charge in [-0.25, -0.2) is 9.59 Å². The van der Waals surface area contributed by atoms with E-state index in [-0.39, 0.29) is 12.4 Å². The summed E-state index contributed by atoms with van der Waals surface area (Å²) in [5, 5.41) is 0. The molecule has 0 aliphatic carbocycles. The van der Waals surface area contributed by atoms with Crippen LogP contribution in [0.4, 0.5) is 0 Å². The highest BCUT2D eigenvalue weighted by Gasteiger charge is 2.11. The molecule has 0 unspecified atom stereocenters. The summed E-state index contributed by atoms with van der Waals surface area (Å²) in [6.07, 6.45) is 0. The van der Waals surface area contributed by atoms with E-state index in [1.807, 2.05) is 19.1 Å². The third-order valence-corrected chi connectivity index (χ3v) is 3.54. The van der Waals surface area contributed by atoms with Crippen molar-refractivity contribution in [2.45, 2.75) is 6.92 Å². The number of carbonyl (C=O) groups is 2. The summed E-state index contributed by atoms with van der Waals surface area (Å²) >= 11 is 3.37. The van der Waals surface area contributed by atoms with Crippen LogP contribution in [0.2, 0.25) is 0 Å². The molecular weight excluding hydrogens is 364 g/mol. The fraction of sp³-hybridized carbons (Fsp3) is 0.176. The van der Waals surface area contributed by atoms with Crippen molar-refractivity contribution in [2.75, 3.05) is 13.7 Å². The molecule has 0 heterocycles. The van der Waals surface area contributed by atoms with Crippen LogP contribution in [0.25, 0.3) is 0 Å². The summed E-state index contributed by atoms with van der Waals surface area (Å²) in [6.45, 7) is 1.71. The molecule has 0 N–H and O–H groups in total. The number of methoxy groups -OCH3 is 1. The highest BCUT2D eigenvalue weighted by molar-refractivity contribution is 9.10. The molecule has 6 heteroatoms. The first-order valence-electron chi connectivity index (χ1n) is 6.77. The van der Waals surface area contributed by atoms with Crippen LogP contribution in [-0.2, 0) is 9.53 Å². The number of esters is 2. The topological polar surface area (TPSA) is 61.8 Å². The van der Waals surface area contributed by atoms with Crippen molar-refractivity contribution >= 4 is 27.9 Å². The van der Waals surface area contributed by atoms with Gasteiger partial charge in [0.2, 0.25) is 0 Å². The predicted octanol–water partition coefficient (Wildman–Crippen LogP) is 3.53. The largest absolute Gasteiger partial charge is 0.481 e. The molecule has 0 spiro atoms. The maximum atomic E-state index is 11.8. The molecule has 0 bridgehead atoms. The average Bonchev–Trinajstić information content (AvgIpc) is 2.53. The lowest BCUT2D eigenvalue weighted by Gasteiger charge is -2.09. The predicted molar refractivity (Wildman–Crippen MR) is 87.8 cm³/mol. The second-order valence-corrected chi connectivity index (χ2v) is 5.57. The molecule has 0 aliphatic rings. The van der Waals surface area contributed by atoms with E-state index in [1.54, 1.807) is 24.3 Å². The van der Waals surface area contributed by atoms with Crippen LogP contribution in [-0.4, -0.2) is 25.7 Å². The molecule has 0 saturated carbocycles. The van der Waals surface area contributed by atoms with E-state index in [9.17, 15) is 9.59 Å². The third-order valence-electron chi connectivity index (χ3n) is 2.92. The maximum Gasteiger partial charge on any atom is 0.349 e. The molecule has 0 aromatic heterocycles. The SMILES string of the molecule is COC(=O)c1cccc(OC(=O)COc2ccc(C)cc2Br)c1. The maximum absolute atomic E-state index is 11.8. The molecule has 0 saturated heterocycles. The standard InChI is InChI=1S/C17H15BrO5/c1-11-6-7-15(14(18)8-11)22-10-16(19)23-13-5-3-4-12(9-13)17(20)21-2/h3-9H,10H2,1-2H3. The smallest absolute Gasteiger partial charge is 0.349 e. The van der Waals surface area contributed by atoms with Gasteiger partial charge in [-0.1, -0.05) is 12.1 Å². The highest BCUT2D eigenvalue weighted by atomic mass is 79.9. The van der Waals surface area contributed by atoms with E-state index in [1.165, 1.54) is 13.2 Å². The van der Waals surface area contributed by atoms with Gasteiger partial charge in [-0.3, -0.25) is 0 Å². The lowest BCUT2D eigenvalue weighted by Crippen LogP contribution is -2.18. The molecule has 0 atom stereocenters. The number of carbonyl (C=O) groups excluding carboxylic acids is 2. The summed E-state index contributed by atoms with van der Waals surface area (Å²) in [4.78, 5) is 23.3. The Kier molecular flexibility index (Phi) is 5.76. The lowest BCUT2D eigenvalue weighted by molar-refractivity contribution is -0.136. The first kappa shape index (κ1) is 17.0. The Morgan fingerprint density at radius 1 is 1.13 bits per heavy atom. The van der Waals surface area contributed by atoms with E-state index in [0.717, 1.165) is 10.0 Å². The van der Waals surface area contributed by atoms with Crippen molar-refractivity contribution in [2.24, 2.45) is 0 Å². The Balaban J connectivity index is 1.96. The van der Waals surface area contributed by atoms with E-state index in [0.29, 0.717) is 11.3 Å². The van der Waals surface area contributed by atoms with Gasteiger partial charge in [0.05, 0.1) is 17.1 Å². The Hall–Kier alpha value is -2.34. The molecular formula is C17H15BrO5. The second kappa shape index (κ2) is 7.78. The Morgan fingerprint density at radius 2 is 1.91 bits per heavy atom. The van der Waals surface area contributed by atoms with Crippen molar-refractivity contribution < 1.29 is 23.8 Å². The van der Waals surface area contributed by atoms with Crippen LogP contribution in [0, 0.1) is 6.92 Å². The zero-order valence-electron chi connectivity index (χ0n) is 12.7. The minimum Gasteiger partial charge on any atom is -0.481 e. The van der Waals surface area contributed by atoms with Crippen LogP contribution in [0.15, 0.2) is 46.9 Å². The monoisotopic (exact) mass is 378 g/mol. The lowest BCUT2D eigenvalue weighted by atomic mass is 10.2. The van der Waals surface area contributed by atoms with Gasteiger partial charge in [0, 0.05) is 0 Å². The van der Waals surface area contributed by atoms with Gasteiger partial charge in [-0.15, -0.1) is 0 Å². The number of halogens is 1. The Bertz CT molecular complexity index is 727. The van der Waals surface area contributed by atoms with Crippen molar-refractivity contribution in [3.63, 3.8) is 0 Å². The first-order valence-corrected chi connectivity index (χ1v) is 7.57. The number of ether oxygens (including phenoxy) is 3. The summed E-state index contributed by atoms with van der Waals surface area (Å²) in [7, 11) is 1.29. The van der Waals surface area contributed by atoms with Crippen molar-refractivity contribution in [1.82, 2.24) is 0 Å². The van der Waals surface area contributed by atoms with E-state index in [2.05, 4.69) is 20.7 Å². The van der Waals surface area contributed by atoms with Gasteiger partial charge in [-0.05, 0) is 58.7 Å². The fourth-order valence-electron chi connectivity index (χ4n) is 1.82. The minimum atomic E-state index is -0.570. The molecule has 0 amide bonds. The summed E-state index contributed by atoms with van der Waals surface area (Å²) in [5.41, 5.74) is 1.38. The summed E-state index contributed by atoms with van der Waals surface area (Å²) in [6, 6.07) is 11.7. The molecule has 2 aromatic rings. The van der Waals surface area contributed by atoms with Gasteiger partial charge in [0.1, 0.15) is 11.5 Å². The highest BCUT2D eigenvalue weighted by Crippen LogP contribution is 2.25. The van der Waals surface area contributed by atoms with E-state index >= 15 is 0 Å². The molecule has 5 nitrogen and oxygen atoms in total. The second-order valence-electron chi connectivity index (χ2n) is 4.72. The third kappa shape index (κ3) is 4.82. The van der Waals surface area contributed by atoms with Gasteiger partial charge in [0.15, 0.2) is 6.61 Å². The number of aryl methyl sites for hydroxylation is 1. The number of benzene rings is 2. The van der Waals surface area contributed by atoms with Gasteiger partial charge < -0.3 is 14.2 Å². The zero-order valence-corrected chi connectivity index (χ0v) is 14.3.